The number of nitrogens with one attached hydrogen (secondary N) is 1. The zero-order valence-electron chi connectivity index (χ0n) is 20.9. The maximum absolute atomic E-state index is 13.3. The number of hydrogen-bond donors (Lipinski definition) is 1. The number of amides is 2. The highest BCUT2D eigenvalue weighted by atomic mass is 16.5. The summed E-state index contributed by atoms with van der Waals surface area (Å²) >= 11 is 0. The molecule has 35 heavy (non-hydrogen) atoms. The van der Waals surface area contributed by atoms with Crippen molar-refractivity contribution in [2.45, 2.75) is 65.0 Å². The summed E-state index contributed by atoms with van der Waals surface area (Å²) in [7, 11) is 1.30. The van der Waals surface area contributed by atoms with Crippen LogP contribution in [0.5, 0.6) is 0 Å². The first kappa shape index (κ1) is 24.6. The predicted octanol–water partition coefficient (Wildman–Crippen LogP) is 3.78. The van der Waals surface area contributed by atoms with Crippen LogP contribution in [0.4, 0.5) is 4.79 Å². The Morgan fingerprint density at radius 2 is 2.00 bits per heavy atom. The van der Waals surface area contributed by atoms with Crippen molar-refractivity contribution >= 4 is 23.3 Å². The number of aliphatic imine (C=N–C) groups is 1. The van der Waals surface area contributed by atoms with E-state index in [9.17, 15) is 9.59 Å². The van der Waals surface area contributed by atoms with Crippen LogP contribution in [0.3, 0.4) is 0 Å². The highest BCUT2D eigenvalue weighted by molar-refractivity contribution is 6.03. The zero-order valence-corrected chi connectivity index (χ0v) is 20.9. The van der Waals surface area contributed by atoms with Crippen molar-refractivity contribution in [3.05, 3.63) is 47.9 Å². The van der Waals surface area contributed by atoms with Gasteiger partial charge < -0.3 is 15.0 Å². The van der Waals surface area contributed by atoms with Gasteiger partial charge in [-0.25, -0.2) is 9.48 Å². The van der Waals surface area contributed by atoms with Gasteiger partial charge in [-0.15, -0.1) is 5.10 Å². The van der Waals surface area contributed by atoms with E-state index in [-0.39, 0.29) is 17.9 Å². The molecular weight excluding hydrogens is 444 g/mol. The molecule has 9 heteroatoms. The van der Waals surface area contributed by atoms with E-state index < -0.39 is 12.1 Å². The smallest absolute Gasteiger partial charge is 0.407 e. The summed E-state index contributed by atoms with van der Waals surface area (Å²) in [4.78, 5) is 31.7. The second-order valence-electron chi connectivity index (χ2n) is 9.45. The minimum absolute atomic E-state index is 0.0522. The molecule has 1 aromatic heterocycles. The highest BCUT2D eigenvalue weighted by Gasteiger charge is 2.38. The van der Waals surface area contributed by atoms with Gasteiger partial charge in [0.1, 0.15) is 6.04 Å². The number of aryl methyl sites for hydroxylation is 1. The van der Waals surface area contributed by atoms with Crippen molar-refractivity contribution < 1.29 is 14.3 Å². The molecule has 4 rings (SSSR count). The standard InChI is InChI=1S/C26H34N6O3/c1-5-7-20-16-32(30-29-20)21-11-9-18(10-12-21)19-14-22(27-15-19)23-8-6-13-31(23)25(33)24(17(2)3)28-26(34)35-4/h9-12,15-17,23-24H,5-8,13-14H2,1-4H3,(H,28,34)/t23-,24-/m0/s1. The maximum atomic E-state index is 13.3. The minimum atomic E-state index is -0.625. The Morgan fingerprint density at radius 3 is 2.69 bits per heavy atom. The number of rotatable bonds is 8. The lowest BCUT2D eigenvalue weighted by Gasteiger charge is -2.31. The molecule has 0 unspecified atom stereocenters. The summed E-state index contributed by atoms with van der Waals surface area (Å²) in [6, 6.07) is 7.55. The summed E-state index contributed by atoms with van der Waals surface area (Å²) in [6.07, 6.45) is 7.74. The molecule has 0 aliphatic carbocycles. The van der Waals surface area contributed by atoms with Gasteiger partial charge in [-0.05, 0) is 48.4 Å². The normalized spacial score (nSPS) is 18.4. The Morgan fingerprint density at radius 1 is 1.23 bits per heavy atom. The first-order valence-electron chi connectivity index (χ1n) is 12.3. The number of carbonyl (C=O) groups is 2. The van der Waals surface area contributed by atoms with Crippen LogP contribution < -0.4 is 5.32 Å². The molecule has 186 valence electrons. The SMILES string of the molecule is CCCc1cn(-c2ccc(C3=CN=C([C@@H]4CCCN4C(=O)[C@@H](NC(=O)OC)C(C)C)C3)cc2)nn1. The number of nitrogens with zero attached hydrogens (tertiary/aromatic N) is 5. The van der Waals surface area contributed by atoms with Crippen LogP contribution in [0.1, 0.15) is 57.7 Å². The van der Waals surface area contributed by atoms with Crippen molar-refractivity contribution in [1.82, 2.24) is 25.2 Å². The first-order chi connectivity index (χ1) is 16.9. The third-order valence-electron chi connectivity index (χ3n) is 6.62. The van der Waals surface area contributed by atoms with Crippen LogP contribution in [-0.4, -0.2) is 63.3 Å². The van der Waals surface area contributed by atoms with E-state index in [4.69, 9.17) is 9.73 Å². The maximum Gasteiger partial charge on any atom is 0.407 e. The molecule has 2 amide bonds. The third kappa shape index (κ3) is 5.44. The number of alkyl carbamates (subject to hydrolysis) is 1. The molecule has 3 heterocycles. The average Bonchev–Trinajstić information content (AvgIpc) is 3.62. The monoisotopic (exact) mass is 478 g/mol. The molecule has 9 nitrogen and oxygen atoms in total. The summed E-state index contributed by atoms with van der Waals surface area (Å²) < 4.78 is 6.52. The van der Waals surface area contributed by atoms with Gasteiger partial charge in [-0.2, -0.15) is 0 Å². The van der Waals surface area contributed by atoms with E-state index >= 15 is 0 Å². The highest BCUT2D eigenvalue weighted by Crippen LogP contribution is 2.31. The predicted molar refractivity (Wildman–Crippen MR) is 134 cm³/mol. The summed E-state index contributed by atoms with van der Waals surface area (Å²) in [6.45, 7) is 6.63. The van der Waals surface area contributed by atoms with Crippen LogP contribution >= 0.6 is 0 Å². The average molecular weight is 479 g/mol. The molecule has 2 aliphatic rings. The number of carbonyl (C=O) groups excluding carboxylic acids is 2. The fourth-order valence-corrected chi connectivity index (χ4v) is 4.71. The molecular formula is C26H34N6O3. The molecule has 1 saturated heterocycles. The lowest BCUT2D eigenvalue weighted by molar-refractivity contribution is -0.134. The van der Waals surface area contributed by atoms with Crippen molar-refractivity contribution in [2.24, 2.45) is 10.9 Å². The van der Waals surface area contributed by atoms with Crippen LogP contribution in [0.25, 0.3) is 11.3 Å². The molecule has 0 radical (unpaired) electrons. The third-order valence-corrected chi connectivity index (χ3v) is 6.62. The molecule has 0 bridgehead atoms. The summed E-state index contributed by atoms with van der Waals surface area (Å²) in [5.74, 6) is -0.132. The van der Waals surface area contributed by atoms with Gasteiger partial charge in [0.2, 0.25) is 5.91 Å². The van der Waals surface area contributed by atoms with E-state index in [2.05, 4.69) is 34.7 Å². The second-order valence-corrected chi connectivity index (χ2v) is 9.45. The Kier molecular flexibility index (Phi) is 7.63. The number of allylic oxidation sites excluding steroid dienone is 1. The Balaban J connectivity index is 1.41. The van der Waals surface area contributed by atoms with Crippen LogP contribution in [0, 0.1) is 5.92 Å². The lowest BCUT2D eigenvalue weighted by Crippen LogP contribution is -2.53. The number of benzene rings is 1. The van der Waals surface area contributed by atoms with E-state index in [1.165, 1.54) is 7.11 Å². The van der Waals surface area contributed by atoms with Crippen LogP contribution in [0.2, 0.25) is 0 Å². The van der Waals surface area contributed by atoms with Gasteiger partial charge in [0.25, 0.3) is 0 Å². The molecule has 0 saturated carbocycles. The van der Waals surface area contributed by atoms with Gasteiger partial charge in [0, 0.05) is 24.9 Å². The Labute approximate surface area is 206 Å². The number of likely N-dealkylation sites (tertiary alicyclic amines) is 1. The van der Waals surface area contributed by atoms with Gasteiger partial charge in [0.05, 0.1) is 30.7 Å². The molecule has 2 aliphatic heterocycles. The van der Waals surface area contributed by atoms with Gasteiger partial charge >= 0.3 is 6.09 Å². The van der Waals surface area contributed by atoms with E-state index in [1.54, 1.807) is 4.68 Å². The van der Waals surface area contributed by atoms with E-state index in [1.807, 2.05) is 43.3 Å². The molecule has 1 fully saturated rings. The minimum Gasteiger partial charge on any atom is -0.453 e. The number of ether oxygens (including phenoxy) is 1. The topological polar surface area (TPSA) is 102 Å². The first-order valence-corrected chi connectivity index (χ1v) is 12.3. The van der Waals surface area contributed by atoms with Crippen LogP contribution in [0.15, 0.2) is 41.7 Å². The van der Waals surface area contributed by atoms with Crippen molar-refractivity contribution in [1.29, 1.82) is 0 Å². The number of hydrogen-bond acceptors (Lipinski definition) is 6. The second kappa shape index (κ2) is 10.8. The Hall–Kier alpha value is -3.49. The summed E-state index contributed by atoms with van der Waals surface area (Å²) in [5.41, 5.74) is 5.18. The fraction of sp³-hybridized carbons (Fsp3) is 0.500. The number of methoxy groups -OCH3 is 1. The fourth-order valence-electron chi connectivity index (χ4n) is 4.71. The van der Waals surface area contributed by atoms with Gasteiger partial charge in [0.15, 0.2) is 0 Å². The van der Waals surface area contributed by atoms with Gasteiger partial charge in [-0.3, -0.25) is 9.79 Å². The van der Waals surface area contributed by atoms with Gasteiger partial charge in [-0.1, -0.05) is 44.5 Å². The van der Waals surface area contributed by atoms with Crippen molar-refractivity contribution in [3.63, 3.8) is 0 Å². The molecule has 1 N–H and O–H groups in total. The van der Waals surface area contributed by atoms with Crippen molar-refractivity contribution in [3.8, 4) is 5.69 Å². The van der Waals surface area contributed by atoms with Crippen molar-refractivity contribution in [2.75, 3.05) is 13.7 Å². The van der Waals surface area contributed by atoms with E-state index in [0.717, 1.165) is 53.9 Å². The molecule has 2 aromatic rings. The van der Waals surface area contributed by atoms with Crippen LogP contribution in [-0.2, 0) is 16.0 Å². The van der Waals surface area contributed by atoms with E-state index in [0.29, 0.717) is 13.0 Å². The molecule has 0 spiro atoms. The molecule has 1 aromatic carbocycles. The largest absolute Gasteiger partial charge is 0.453 e. The molecule has 2 atom stereocenters. The lowest BCUT2D eigenvalue weighted by atomic mass is 9.97. The zero-order chi connectivity index (χ0) is 24.9. The number of aromatic nitrogens is 3. The quantitative estimate of drug-likeness (QED) is 0.622. The Bertz CT molecular complexity index is 1120. The summed E-state index contributed by atoms with van der Waals surface area (Å²) in [5, 5.41) is 11.2.